The van der Waals surface area contributed by atoms with Crippen molar-refractivity contribution < 1.29 is 18.3 Å². The molecule has 0 unspecified atom stereocenters. The Hall–Kier alpha value is -0.470. The minimum Gasteiger partial charge on any atom is -0.391 e. The van der Waals surface area contributed by atoms with Gasteiger partial charge in [-0.3, -0.25) is 0 Å². The van der Waals surface area contributed by atoms with E-state index in [9.17, 15) is 8.42 Å². The minimum absolute atomic E-state index is 0.0589. The van der Waals surface area contributed by atoms with E-state index in [4.69, 9.17) is 9.84 Å². The number of methoxy groups -OCH3 is 1. The third kappa shape index (κ3) is 2.69. The summed E-state index contributed by atoms with van der Waals surface area (Å²) in [6, 6.07) is 1.46. The van der Waals surface area contributed by atoms with Crippen LogP contribution >= 0.6 is 11.3 Å². The predicted molar refractivity (Wildman–Crippen MR) is 64.4 cm³/mol. The van der Waals surface area contributed by atoms with Gasteiger partial charge in [-0.2, -0.15) is 0 Å². The fourth-order valence-electron chi connectivity index (χ4n) is 1.82. The first-order valence-electron chi connectivity index (χ1n) is 5.29. The third-order valence-corrected chi connectivity index (χ3v) is 5.53. The average molecular weight is 277 g/mol. The fourth-order valence-corrected chi connectivity index (χ4v) is 4.38. The second-order valence-electron chi connectivity index (χ2n) is 4.01. The molecule has 0 aromatic carbocycles. The summed E-state index contributed by atoms with van der Waals surface area (Å²) in [4.78, 5) is 0.658. The molecule has 1 aromatic heterocycles. The summed E-state index contributed by atoms with van der Waals surface area (Å²) in [6.45, 7) is -0.251. The molecule has 0 aliphatic heterocycles. The van der Waals surface area contributed by atoms with Gasteiger partial charge in [0.15, 0.2) is 0 Å². The summed E-state index contributed by atoms with van der Waals surface area (Å²) >= 11 is 1.24. The monoisotopic (exact) mass is 277 g/mol. The molecule has 2 rings (SSSR count). The van der Waals surface area contributed by atoms with Crippen molar-refractivity contribution in [1.82, 2.24) is 4.72 Å². The van der Waals surface area contributed by atoms with E-state index in [-0.39, 0.29) is 23.6 Å². The minimum atomic E-state index is -3.51. The van der Waals surface area contributed by atoms with E-state index in [2.05, 4.69) is 4.72 Å². The van der Waals surface area contributed by atoms with Gasteiger partial charge in [0, 0.05) is 18.0 Å². The maximum Gasteiger partial charge on any atom is 0.242 e. The predicted octanol–water partition coefficient (Wildman–Crippen LogP) is 0.696. The highest BCUT2D eigenvalue weighted by Crippen LogP contribution is 2.27. The molecule has 2 N–H and O–H groups in total. The topological polar surface area (TPSA) is 75.6 Å². The van der Waals surface area contributed by atoms with Crippen molar-refractivity contribution in [2.45, 2.75) is 36.5 Å². The van der Waals surface area contributed by atoms with Crippen LogP contribution < -0.4 is 4.72 Å². The lowest BCUT2D eigenvalue weighted by Gasteiger charge is -2.34. The summed E-state index contributed by atoms with van der Waals surface area (Å²) in [5.41, 5.74) is 0. The van der Waals surface area contributed by atoms with Crippen LogP contribution in [-0.4, -0.2) is 32.8 Å². The van der Waals surface area contributed by atoms with Crippen molar-refractivity contribution in [1.29, 1.82) is 0 Å². The van der Waals surface area contributed by atoms with E-state index in [1.54, 1.807) is 12.5 Å². The summed E-state index contributed by atoms with van der Waals surface area (Å²) in [6.07, 6.45) is 1.56. The Morgan fingerprint density at radius 2 is 2.29 bits per heavy atom. The average Bonchev–Trinajstić information content (AvgIpc) is 2.71. The lowest BCUT2D eigenvalue weighted by Crippen LogP contribution is -2.47. The Morgan fingerprint density at radius 3 is 2.88 bits per heavy atom. The van der Waals surface area contributed by atoms with Gasteiger partial charge in [0.25, 0.3) is 0 Å². The Labute approximate surface area is 104 Å². The van der Waals surface area contributed by atoms with Gasteiger partial charge in [0.1, 0.15) is 0 Å². The molecule has 0 saturated heterocycles. The van der Waals surface area contributed by atoms with Crippen LogP contribution in [0.1, 0.15) is 17.7 Å². The summed E-state index contributed by atoms with van der Waals surface area (Å²) < 4.78 is 31.7. The van der Waals surface area contributed by atoms with Crippen LogP contribution in [0.3, 0.4) is 0 Å². The first-order valence-corrected chi connectivity index (χ1v) is 7.65. The van der Waals surface area contributed by atoms with Crippen LogP contribution in [0.25, 0.3) is 0 Å². The number of hydrogen-bond donors (Lipinski definition) is 2. The van der Waals surface area contributed by atoms with E-state index in [1.807, 2.05) is 0 Å². The molecule has 7 heteroatoms. The van der Waals surface area contributed by atoms with Gasteiger partial charge in [-0.05, 0) is 24.3 Å². The van der Waals surface area contributed by atoms with Gasteiger partial charge < -0.3 is 9.84 Å². The Balaban J connectivity index is 2.05. The van der Waals surface area contributed by atoms with Crippen LogP contribution in [0.2, 0.25) is 0 Å². The maximum absolute atomic E-state index is 12.0. The van der Waals surface area contributed by atoms with E-state index in [1.165, 1.54) is 17.4 Å². The van der Waals surface area contributed by atoms with Crippen LogP contribution in [0.5, 0.6) is 0 Å². The molecule has 96 valence electrons. The van der Waals surface area contributed by atoms with E-state index in [0.717, 1.165) is 0 Å². The Kier molecular flexibility index (Phi) is 3.84. The van der Waals surface area contributed by atoms with Crippen LogP contribution in [-0.2, 0) is 21.4 Å². The molecule has 1 aliphatic rings. The highest BCUT2D eigenvalue weighted by molar-refractivity contribution is 7.89. The molecule has 1 aromatic rings. The molecule has 0 radical (unpaired) electrons. The normalized spacial score (nSPS) is 24.6. The van der Waals surface area contributed by atoms with Gasteiger partial charge in [-0.15, -0.1) is 11.3 Å². The van der Waals surface area contributed by atoms with Gasteiger partial charge in [0.2, 0.25) is 10.0 Å². The van der Waals surface area contributed by atoms with Crippen molar-refractivity contribution in [3.63, 3.8) is 0 Å². The summed E-state index contributed by atoms with van der Waals surface area (Å²) in [7, 11) is -1.88. The molecule has 5 nitrogen and oxygen atoms in total. The van der Waals surface area contributed by atoms with Crippen molar-refractivity contribution in [2.75, 3.05) is 7.11 Å². The van der Waals surface area contributed by atoms with Crippen molar-refractivity contribution >= 4 is 21.4 Å². The van der Waals surface area contributed by atoms with E-state index >= 15 is 0 Å². The lowest BCUT2D eigenvalue weighted by molar-refractivity contribution is 0.0236. The van der Waals surface area contributed by atoms with Crippen LogP contribution in [0.4, 0.5) is 0 Å². The second-order valence-corrected chi connectivity index (χ2v) is 6.70. The summed E-state index contributed by atoms with van der Waals surface area (Å²) in [5, 5.41) is 10.7. The van der Waals surface area contributed by atoms with Crippen molar-refractivity contribution in [2.24, 2.45) is 0 Å². The zero-order chi connectivity index (χ0) is 12.5. The van der Waals surface area contributed by atoms with Crippen molar-refractivity contribution in [3.8, 4) is 0 Å². The molecule has 17 heavy (non-hydrogen) atoms. The summed E-state index contributed by atoms with van der Waals surface area (Å²) in [5.74, 6) is 0. The van der Waals surface area contributed by atoms with Crippen LogP contribution in [0.15, 0.2) is 16.3 Å². The SMILES string of the molecule is COC1CC(NS(=O)(=O)c2ccsc2CO)C1. The first-order chi connectivity index (χ1) is 8.06. The number of ether oxygens (including phenoxy) is 1. The Bertz CT molecular complexity index is 476. The number of nitrogens with one attached hydrogen (secondary N) is 1. The molecule has 1 saturated carbocycles. The zero-order valence-electron chi connectivity index (χ0n) is 9.42. The molecule has 0 spiro atoms. The third-order valence-electron chi connectivity index (χ3n) is 2.89. The number of sulfonamides is 1. The highest BCUT2D eigenvalue weighted by atomic mass is 32.2. The molecule has 1 heterocycles. The number of thiophene rings is 1. The molecule has 0 atom stereocenters. The highest BCUT2D eigenvalue weighted by Gasteiger charge is 2.33. The standard InChI is InChI=1S/C10H15NO4S2/c1-15-8-4-7(5-8)11-17(13,14)10-2-3-16-9(10)6-12/h2-3,7-8,11-12H,4-6H2,1H3. The maximum atomic E-state index is 12.0. The molecule has 0 amide bonds. The largest absolute Gasteiger partial charge is 0.391 e. The Morgan fingerprint density at radius 1 is 1.59 bits per heavy atom. The fraction of sp³-hybridized carbons (Fsp3) is 0.600. The van der Waals surface area contributed by atoms with Gasteiger partial charge in [-0.1, -0.05) is 0 Å². The smallest absolute Gasteiger partial charge is 0.242 e. The number of hydrogen-bond acceptors (Lipinski definition) is 5. The van der Waals surface area contributed by atoms with E-state index in [0.29, 0.717) is 17.7 Å². The second kappa shape index (κ2) is 5.03. The van der Waals surface area contributed by atoms with Gasteiger partial charge >= 0.3 is 0 Å². The number of rotatable bonds is 5. The molecular formula is C10H15NO4S2. The van der Waals surface area contributed by atoms with Gasteiger partial charge in [0.05, 0.1) is 17.6 Å². The van der Waals surface area contributed by atoms with Crippen molar-refractivity contribution in [3.05, 3.63) is 16.3 Å². The number of aliphatic hydroxyl groups excluding tert-OH is 1. The van der Waals surface area contributed by atoms with E-state index < -0.39 is 10.0 Å². The molecule has 1 fully saturated rings. The first kappa shape index (κ1) is 13.0. The van der Waals surface area contributed by atoms with Crippen LogP contribution in [0, 0.1) is 0 Å². The molecule has 0 bridgehead atoms. The zero-order valence-corrected chi connectivity index (χ0v) is 11.1. The number of aliphatic hydroxyl groups is 1. The quantitative estimate of drug-likeness (QED) is 0.830. The lowest BCUT2D eigenvalue weighted by atomic mass is 9.90. The molecule has 1 aliphatic carbocycles. The molecular weight excluding hydrogens is 262 g/mol. The van der Waals surface area contributed by atoms with Gasteiger partial charge in [-0.25, -0.2) is 13.1 Å².